The molecule has 0 bridgehead atoms. The minimum absolute atomic E-state index is 0.289. The van der Waals surface area contributed by atoms with E-state index < -0.39 is 11.7 Å². The van der Waals surface area contributed by atoms with Gasteiger partial charge in [-0.1, -0.05) is 36.0 Å². The Kier molecular flexibility index (Phi) is 7.32. The summed E-state index contributed by atoms with van der Waals surface area (Å²) < 4.78 is 5.29. The number of hydrogen-bond acceptors (Lipinski definition) is 7. The highest BCUT2D eigenvalue weighted by molar-refractivity contribution is 7.98. The molecule has 0 fully saturated rings. The first-order chi connectivity index (χ1) is 15.2. The zero-order chi connectivity index (χ0) is 23.1. The van der Waals surface area contributed by atoms with Gasteiger partial charge in [-0.2, -0.15) is 0 Å². The van der Waals surface area contributed by atoms with Gasteiger partial charge in [-0.25, -0.2) is 14.8 Å². The number of hydrogen-bond donors (Lipinski definition) is 3. The van der Waals surface area contributed by atoms with Crippen molar-refractivity contribution in [1.29, 1.82) is 0 Å². The molecule has 8 nitrogen and oxygen atoms in total. The third kappa shape index (κ3) is 6.71. The van der Waals surface area contributed by atoms with Crippen molar-refractivity contribution in [1.82, 2.24) is 9.97 Å². The second-order valence-corrected chi connectivity index (χ2v) is 8.55. The van der Waals surface area contributed by atoms with E-state index in [9.17, 15) is 9.59 Å². The summed E-state index contributed by atoms with van der Waals surface area (Å²) in [6.07, 6.45) is 2.79. The van der Waals surface area contributed by atoms with Crippen molar-refractivity contribution in [2.24, 2.45) is 0 Å². The number of carbonyl (C=O) groups excluding carboxylic acids is 2. The lowest BCUT2D eigenvalue weighted by molar-refractivity contribution is 0.0635. The molecular weight excluding hydrogens is 426 g/mol. The lowest BCUT2D eigenvalue weighted by atomic mass is 10.2. The molecule has 3 rings (SSSR count). The summed E-state index contributed by atoms with van der Waals surface area (Å²) in [4.78, 5) is 33.6. The van der Waals surface area contributed by atoms with E-state index in [1.807, 2.05) is 24.5 Å². The van der Waals surface area contributed by atoms with Crippen LogP contribution in [-0.4, -0.2) is 33.8 Å². The number of amides is 2. The van der Waals surface area contributed by atoms with Crippen LogP contribution in [0.3, 0.4) is 0 Å². The zero-order valence-corrected chi connectivity index (χ0v) is 19.1. The first-order valence-corrected chi connectivity index (χ1v) is 11.1. The van der Waals surface area contributed by atoms with Crippen molar-refractivity contribution in [2.75, 3.05) is 22.2 Å². The smallest absolute Gasteiger partial charge is 0.412 e. The van der Waals surface area contributed by atoms with Crippen molar-refractivity contribution in [3.05, 3.63) is 66.4 Å². The lowest BCUT2D eigenvalue weighted by Crippen LogP contribution is -2.27. The largest absolute Gasteiger partial charge is 0.444 e. The van der Waals surface area contributed by atoms with Crippen LogP contribution in [0.2, 0.25) is 0 Å². The molecule has 0 saturated carbocycles. The van der Waals surface area contributed by atoms with Crippen LogP contribution in [0.1, 0.15) is 31.1 Å². The Bertz CT molecular complexity index is 1100. The monoisotopic (exact) mass is 451 g/mol. The molecule has 0 aliphatic carbocycles. The Morgan fingerprint density at radius 3 is 2.31 bits per heavy atom. The van der Waals surface area contributed by atoms with E-state index in [1.54, 1.807) is 57.2 Å². The molecular formula is C23H25N5O3S. The quantitative estimate of drug-likeness (QED) is 0.334. The third-order valence-corrected chi connectivity index (χ3v) is 4.56. The van der Waals surface area contributed by atoms with Crippen LogP contribution in [-0.2, 0) is 4.74 Å². The highest BCUT2D eigenvalue weighted by atomic mass is 32.2. The molecule has 9 heteroatoms. The predicted molar refractivity (Wildman–Crippen MR) is 128 cm³/mol. The van der Waals surface area contributed by atoms with E-state index in [4.69, 9.17) is 4.74 Å². The Hall–Kier alpha value is -3.59. The summed E-state index contributed by atoms with van der Waals surface area (Å²) in [6, 6.07) is 16.2. The van der Waals surface area contributed by atoms with Gasteiger partial charge < -0.3 is 15.4 Å². The predicted octanol–water partition coefficient (Wildman–Crippen LogP) is 5.54. The molecule has 0 unspecified atom stereocenters. The lowest BCUT2D eigenvalue weighted by Gasteiger charge is -2.20. The molecule has 32 heavy (non-hydrogen) atoms. The second kappa shape index (κ2) is 10.1. The maximum Gasteiger partial charge on any atom is 0.412 e. The molecule has 0 radical (unpaired) electrons. The van der Waals surface area contributed by atoms with Gasteiger partial charge in [0.25, 0.3) is 5.91 Å². The van der Waals surface area contributed by atoms with Gasteiger partial charge in [0.2, 0.25) is 0 Å². The number of nitrogens with zero attached hydrogens (tertiary/aromatic N) is 2. The van der Waals surface area contributed by atoms with E-state index >= 15 is 0 Å². The number of thioether (sulfide) groups is 1. The van der Waals surface area contributed by atoms with Gasteiger partial charge in [0.15, 0.2) is 5.16 Å². The maximum absolute atomic E-state index is 12.9. The summed E-state index contributed by atoms with van der Waals surface area (Å²) in [5.41, 5.74) is 1.53. The summed E-state index contributed by atoms with van der Waals surface area (Å²) in [6.45, 7) is 5.39. The molecule has 2 amide bonds. The second-order valence-electron chi connectivity index (χ2n) is 7.77. The van der Waals surface area contributed by atoms with Gasteiger partial charge in [-0.15, -0.1) is 0 Å². The standard InChI is InChI=1S/C23H25N5O3S/c1-23(2,3)31-22(30)27-17-12-8-11-16(13-17)25-19-18(14-24-21(28-19)32-4)20(29)26-15-9-6-5-7-10-15/h5-14H,1-4H3,(H,26,29)(H,27,30)(H,24,25,28). The number of anilines is 4. The highest BCUT2D eigenvalue weighted by Crippen LogP contribution is 2.24. The summed E-state index contributed by atoms with van der Waals surface area (Å²) in [5.74, 6) is 0.0154. The Balaban J connectivity index is 1.82. The molecule has 0 aliphatic rings. The highest BCUT2D eigenvalue weighted by Gasteiger charge is 2.18. The summed E-state index contributed by atoms with van der Waals surface area (Å²) in [5, 5.41) is 9.22. The third-order valence-electron chi connectivity index (χ3n) is 4.00. The number of nitrogens with one attached hydrogen (secondary N) is 3. The summed E-state index contributed by atoms with van der Waals surface area (Å²) in [7, 11) is 0. The van der Waals surface area contributed by atoms with Crippen molar-refractivity contribution in [3.8, 4) is 0 Å². The Morgan fingerprint density at radius 2 is 1.62 bits per heavy atom. The average Bonchev–Trinajstić information content (AvgIpc) is 2.73. The fraction of sp³-hybridized carbons (Fsp3) is 0.217. The minimum Gasteiger partial charge on any atom is -0.444 e. The maximum atomic E-state index is 12.9. The van der Waals surface area contributed by atoms with Gasteiger partial charge in [-0.05, 0) is 57.4 Å². The van der Waals surface area contributed by atoms with Crippen LogP contribution in [0.4, 0.5) is 27.7 Å². The SMILES string of the molecule is CSc1ncc(C(=O)Nc2ccccc2)c(Nc2cccc(NC(=O)OC(C)(C)C)c2)n1. The van der Waals surface area contributed by atoms with E-state index in [0.29, 0.717) is 28.0 Å². The van der Waals surface area contributed by atoms with Crippen LogP contribution in [0, 0.1) is 0 Å². The number of benzene rings is 2. The first-order valence-electron chi connectivity index (χ1n) is 9.88. The minimum atomic E-state index is -0.601. The van der Waals surface area contributed by atoms with Crippen LogP contribution in [0.15, 0.2) is 66.0 Å². The van der Waals surface area contributed by atoms with Gasteiger partial charge in [-0.3, -0.25) is 10.1 Å². The number of rotatable bonds is 6. The van der Waals surface area contributed by atoms with Crippen LogP contribution in [0.25, 0.3) is 0 Å². The molecule has 0 aliphatic heterocycles. The Morgan fingerprint density at radius 1 is 0.938 bits per heavy atom. The van der Waals surface area contributed by atoms with Crippen LogP contribution in [0.5, 0.6) is 0 Å². The van der Waals surface area contributed by atoms with Crippen molar-refractivity contribution in [2.45, 2.75) is 31.5 Å². The normalized spacial score (nSPS) is 10.9. The van der Waals surface area contributed by atoms with Crippen LogP contribution >= 0.6 is 11.8 Å². The Labute approximate surface area is 191 Å². The fourth-order valence-electron chi connectivity index (χ4n) is 2.68. The first kappa shape index (κ1) is 23.1. The number of aromatic nitrogens is 2. The number of para-hydroxylation sites is 1. The topological polar surface area (TPSA) is 105 Å². The molecule has 1 aromatic heterocycles. The van der Waals surface area contributed by atoms with Crippen molar-refractivity contribution in [3.63, 3.8) is 0 Å². The molecule has 3 N–H and O–H groups in total. The number of ether oxygens (including phenoxy) is 1. The van der Waals surface area contributed by atoms with Crippen LogP contribution < -0.4 is 16.0 Å². The van der Waals surface area contributed by atoms with E-state index in [-0.39, 0.29) is 11.5 Å². The van der Waals surface area contributed by atoms with Crippen molar-refractivity contribution >= 4 is 46.6 Å². The van der Waals surface area contributed by atoms with Gasteiger partial charge >= 0.3 is 6.09 Å². The van der Waals surface area contributed by atoms with E-state index in [2.05, 4.69) is 25.9 Å². The number of carbonyl (C=O) groups is 2. The molecule has 0 atom stereocenters. The molecule has 2 aromatic carbocycles. The molecule has 3 aromatic rings. The van der Waals surface area contributed by atoms with Gasteiger partial charge in [0, 0.05) is 23.3 Å². The fourth-order valence-corrected chi connectivity index (χ4v) is 3.02. The molecule has 1 heterocycles. The molecule has 0 saturated heterocycles. The van der Waals surface area contributed by atoms with E-state index in [1.165, 1.54) is 18.0 Å². The van der Waals surface area contributed by atoms with E-state index in [0.717, 1.165) is 0 Å². The van der Waals surface area contributed by atoms with Gasteiger partial charge in [0.05, 0.1) is 0 Å². The molecule has 0 spiro atoms. The summed E-state index contributed by atoms with van der Waals surface area (Å²) >= 11 is 1.37. The van der Waals surface area contributed by atoms with Gasteiger partial charge in [0.1, 0.15) is 17.0 Å². The average molecular weight is 452 g/mol. The zero-order valence-electron chi connectivity index (χ0n) is 18.3. The van der Waals surface area contributed by atoms with Crippen molar-refractivity contribution < 1.29 is 14.3 Å². The molecule has 166 valence electrons.